The molecule has 5 heteroatoms. The Morgan fingerprint density at radius 3 is 2.50 bits per heavy atom. The molecule has 0 radical (unpaired) electrons. The van der Waals surface area contributed by atoms with E-state index in [9.17, 15) is 8.42 Å². The van der Waals surface area contributed by atoms with Gasteiger partial charge in [0.2, 0.25) is 0 Å². The van der Waals surface area contributed by atoms with Crippen molar-refractivity contribution in [3.8, 4) is 0 Å². The summed E-state index contributed by atoms with van der Waals surface area (Å²) in [6.07, 6.45) is 5.31. The van der Waals surface area contributed by atoms with Crippen LogP contribution in [0.15, 0.2) is 24.8 Å². The smallest absolute Gasteiger partial charge is 0.184 e. The van der Waals surface area contributed by atoms with E-state index < -0.39 is 10.0 Å². The molecule has 0 aliphatic rings. The summed E-state index contributed by atoms with van der Waals surface area (Å²) in [6, 6.07) is 1.56. The van der Waals surface area contributed by atoms with Gasteiger partial charge in [0.25, 0.3) is 0 Å². The van der Waals surface area contributed by atoms with Crippen LogP contribution in [0.1, 0.15) is 0 Å². The van der Waals surface area contributed by atoms with Gasteiger partial charge in [-0.05, 0) is 0 Å². The van der Waals surface area contributed by atoms with Gasteiger partial charge in [-0.2, -0.15) is 8.42 Å². The van der Waals surface area contributed by atoms with E-state index in [0.717, 1.165) is 10.2 Å². The Labute approximate surface area is 59.2 Å². The second-order valence-corrected chi connectivity index (χ2v) is 3.74. The Balaban J connectivity index is 3.22. The molecular formula is C5H7N2O2S+. The Morgan fingerprint density at radius 1 is 1.50 bits per heavy atom. The fraction of sp³-hybridized carbons (Fsp3) is 0.200. The van der Waals surface area contributed by atoms with Gasteiger partial charge in [0.05, 0.1) is 6.26 Å². The van der Waals surface area contributed by atoms with Crippen LogP contribution >= 0.6 is 0 Å². The fourth-order valence-electron chi connectivity index (χ4n) is 0.512. The topological polar surface area (TPSA) is 50.9 Å². The van der Waals surface area contributed by atoms with Crippen molar-refractivity contribution in [2.75, 3.05) is 6.26 Å². The lowest BCUT2D eigenvalue weighted by Crippen LogP contribution is -2.41. The number of hydrogen-bond donors (Lipinski definition) is 0. The van der Waals surface area contributed by atoms with E-state index in [0.29, 0.717) is 0 Å². The van der Waals surface area contributed by atoms with Gasteiger partial charge in [-0.1, -0.05) is 4.98 Å². The van der Waals surface area contributed by atoms with Crippen molar-refractivity contribution >= 4 is 10.0 Å². The molecule has 0 atom stereocenters. The first-order chi connectivity index (χ1) is 4.61. The summed E-state index contributed by atoms with van der Waals surface area (Å²) in [5, 5.41) is 0. The van der Waals surface area contributed by atoms with Gasteiger partial charge in [-0.15, -0.1) is 3.97 Å². The summed E-state index contributed by atoms with van der Waals surface area (Å²) in [7, 11) is -3.15. The van der Waals surface area contributed by atoms with Crippen LogP contribution in [0.5, 0.6) is 0 Å². The Kier molecular flexibility index (Phi) is 1.67. The van der Waals surface area contributed by atoms with Crippen LogP contribution in [0.3, 0.4) is 0 Å². The van der Waals surface area contributed by atoms with Crippen molar-refractivity contribution in [1.82, 2.24) is 4.98 Å². The van der Waals surface area contributed by atoms with Crippen LogP contribution < -0.4 is 3.97 Å². The lowest BCUT2D eigenvalue weighted by Gasteiger charge is -1.89. The molecular weight excluding hydrogens is 152 g/mol. The first-order valence-corrected chi connectivity index (χ1v) is 4.47. The summed E-state index contributed by atoms with van der Waals surface area (Å²) in [6.45, 7) is 0. The van der Waals surface area contributed by atoms with Crippen LogP contribution in [-0.2, 0) is 10.0 Å². The predicted molar refractivity (Wildman–Crippen MR) is 34.7 cm³/mol. The highest BCUT2D eigenvalue weighted by atomic mass is 32.2. The van der Waals surface area contributed by atoms with Crippen LogP contribution in [0.25, 0.3) is 0 Å². The maximum absolute atomic E-state index is 10.8. The van der Waals surface area contributed by atoms with Gasteiger partial charge in [0.15, 0.2) is 0 Å². The third-order valence-electron chi connectivity index (χ3n) is 0.969. The molecule has 10 heavy (non-hydrogen) atoms. The summed E-state index contributed by atoms with van der Waals surface area (Å²) >= 11 is 0. The van der Waals surface area contributed by atoms with E-state index >= 15 is 0 Å². The molecule has 0 aliphatic heterocycles. The van der Waals surface area contributed by atoms with Crippen LogP contribution in [0, 0.1) is 0 Å². The normalized spacial score (nSPS) is 11.3. The summed E-state index contributed by atoms with van der Waals surface area (Å²) in [4.78, 5) is 3.63. The molecule has 0 spiro atoms. The summed E-state index contributed by atoms with van der Waals surface area (Å²) in [5.41, 5.74) is 0. The zero-order chi connectivity index (χ0) is 7.61. The third-order valence-corrected chi connectivity index (χ3v) is 1.95. The van der Waals surface area contributed by atoms with E-state index in [4.69, 9.17) is 0 Å². The second-order valence-electron chi connectivity index (χ2n) is 1.85. The molecule has 1 aromatic heterocycles. The van der Waals surface area contributed by atoms with Crippen molar-refractivity contribution in [2.45, 2.75) is 0 Å². The minimum atomic E-state index is -3.15. The Morgan fingerprint density at radius 2 is 2.20 bits per heavy atom. The first-order valence-electron chi connectivity index (χ1n) is 2.62. The highest BCUT2D eigenvalue weighted by Gasteiger charge is 2.07. The maximum atomic E-state index is 10.8. The SMILES string of the molecule is CS(=O)(=O)[n+]1cccnc1. The molecule has 0 fully saturated rings. The van der Waals surface area contributed by atoms with E-state index in [1.807, 2.05) is 0 Å². The quantitative estimate of drug-likeness (QED) is 0.503. The molecule has 1 heterocycles. The van der Waals surface area contributed by atoms with E-state index in [1.165, 1.54) is 18.7 Å². The van der Waals surface area contributed by atoms with Crippen molar-refractivity contribution in [1.29, 1.82) is 0 Å². The molecule has 0 aromatic carbocycles. The predicted octanol–water partition coefficient (Wildman–Crippen LogP) is -0.823. The Bertz CT molecular complexity index is 306. The highest BCUT2D eigenvalue weighted by Crippen LogP contribution is 1.75. The monoisotopic (exact) mass is 159 g/mol. The van der Waals surface area contributed by atoms with Gasteiger partial charge in [0.1, 0.15) is 12.4 Å². The maximum Gasteiger partial charge on any atom is 0.301 e. The fourth-order valence-corrected chi connectivity index (χ4v) is 1.03. The molecule has 0 N–H and O–H groups in total. The first kappa shape index (κ1) is 7.14. The van der Waals surface area contributed by atoms with Gasteiger partial charge < -0.3 is 0 Å². The van der Waals surface area contributed by atoms with Gasteiger partial charge in [0, 0.05) is 6.07 Å². The minimum Gasteiger partial charge on any atom is -0.184 e. The van der Waals surface area contributed by atoms with Crippen molar-refractivity contribution < 1.29 is 12.4 Å². The number of hydrogen-bond acceptors (Lipinski definition) is 3. The van der Waals surface area contributed by atoms with Gasteiger partial charge in [-0.3, -0.25) is 0 Å². The molecule has 0 saturated heterocycles. The standard InChI is InChI=1S/C5H7N2O2S/c1-10(8,9)7-4-2-3-6-5-7/h2-5H,1H3/q+1. The molecule has 4 nitrogen and oxygen atoms in total. The van der Waals surface area contributed by atoms with E-state index in [-0.39, 0.29) is 0 Å². The van der Waals surface area contributed by atoms with Crippen LogP contribution in [-0.4, -0.2) is 19.7 Å². The van der Waals surface area contributed by atoms with E-state index in [1.54, 1.807) is 6.07 Å². The largest absolute Gasteiger partial charge is 0.301 e. The van der Waals surface area contributed by atoms with Crippen molar-refractivity contribution in [3.63, 3.8) is 0 Å². The lowest BCUT2D eigenvalue weighted by atomic mass is 10.7. The molecule has 0 saturated carbocycles. The number of aromatic nitrogens is 2. The number of rotatable bonds is 1. The summed E-state index contributed by atoms with van der Waals surface area (Å²) < 4.78 is 22.6. The Hall–Kier alpha value is -0.970. The molecule has 0 aliphatic carbocycles. The van der Waals surface area contributed by atoms with Crippen LogP contribution in [0.4, 0.5) is 0 Å². The average molecular weight is 159 g/mol. The third kappa shape index (κ3) is 1.51. The zero-order valence-corrected chi connectivity index (χ0v) is 6.25. The zero-order valence-electron chi connectivity index (χ0n) is 5.43. The molecule has 54 valence electrons. The second kappa shape index (κ2) is 2.34. The molecule has 0 bridgehead atoms. The molecule has 1 rings (SSSR count). The molecule has 1 aromatic rings. The lowest BCUT2D eigenvalue weighted by molar-refractivity contribution is -0.514. The minimum absolute atomic E-state index is 1.05. The average Bonchev–Trinajstić information content (AvgIpc) is 1.88. The molecule has 0 amide bonds. The summed E-state index contributed by atoms with van der Waals surface area (Å²) in [5.74, 6) is 0. The highest BCUT2D eigenvalue weighted by molar-refractivity contribution is 7.84. The van der Waals surface area contributed by atoms with E-state index in [2.05, 4.69) is 4.98 Å². The number of nitrogens with zero attached hydrogens (tertiary/aromatic N) is 2. The van der Waals surface area contributed by atoms with Crippen molar-refractivity contribution in [3.05, 3.63) is 24.8 Å². The molecule has 0 unspecified atom stereocenters. The van der Waals surface area contributed by atoms with Crippen LogP contribution in [0.2, 0.25) is 0 Å². The van der Waals surface area contributed by atoms with Crippen molar-refractivity contribution in [2.24, 2.45) is 0 Å². The van der Waals surface area contributed by atoms with Gasteiger partial charge >= 0.3 is 16.4 Å². The van der Waals surface area contributed by atoms with Gasteiger partial charge in [-0.25, -0.2) is 0 Å².